The Labute approximate surface area is 159 Å². The molecule has 2 aromatic heterocycles. The van der Waals surface area contributed by atoms with E-state index in [-0.39, 0.29) is 5.82 Å². The maximum atomic E-state index is 13.5. The number of nitrogen functional groups attached to an aromatic ring is 1. The Morgan fingerprint density at radius 1 is 1.11 bits per heavy atom. The molecule has 0 amide bonds. The first-order valence-corrected chi connectivity index (χ1v) is 8.45. The Hall–Kier alpha value is -3.32. The van der Waals surface area contributed by atoms with Gasteiger partial charge in [-0.05, 0) is 36.4 Å². The highest BCUT2D eigenvalue weighted by Crippen LogP contribution is 2.30. The van der Waals surface area contributed by atoms with Crippen molar-refractivity contribution in [1.82, 2.24) is 14.5 Å². The molecule has 27 heavy (non-hydrogen) atoms. The molecule has 0 spiro atoms. The van der Waals surface area contributed by atoms with E-state index in [1.165, 1.54) is 18.2 Å². The fourth-order valence-corrected chi connectivity index (χ4v) is 2.86. The third-order valence-electron chi connectivity index (χ3n) is 4.02. The average Bonchev–Trinajstić information content (AvgIpc) is 2.93. The van der Waals surface area contributed by atoms with E-state index in [2.05, 4.69) is 15.3 Å². The van der Waals surface area contributed by atoms with Crippen LogP contribution in [-0.4, -0.2) is 14.5 Å². The summed E-state index contributed by atoms with van der Waals surface area (Å²) in [5, 5.41) is 3.47. The third-order valence-corrected chi connectivity index (χ3v) is 4.35. The molecule has 4 rings (SSSR count). The van der Waals surface area contributed by atoms with Crippen molar-refractivity contribution in [2.75, 3.05) is 11.1 Å². The number of aryl methyl sites for hydroxylation is 1. The van der Waals surface area contributed by atoms with E-state index in [1.807, 2.05) is 29.8 Å². The van der Waals surface area contributed by atoms with Crippen LogP contribution in [0.25, 0.3) is 11.0 Å². The van der Waals surface area contributed by atoms with Crippen molar-refractivity contribution in [3.8, 4) is 11.5 Å². The van der Waals surface area contributed by atoms with Gasteiger partial charge < -0.3 is 20.4 Å². The van der Waals surface area contributed by atoms with Gasteiger partial charge in [-0.2, -0.15) is 0 Å². The van der Waals surface area contributed by atoms with Gasteiger partial charge >= 0.3 is 0 Å². The topological polar surface area (TPSA) is 78.0 Å². The predicted octanol–water partition coefficient (Wildman–Crippen LogP) is 4.88. The molecule has 6 nitrogen and oxygen atoms in total. The summed E-state index contributed by atoms with van der Waals surface area (Å²) in [6, 6.07) is 13.0. The Balaban J connectivity index is 1.66. The molecular weight excluding hydrogens is 369 g/mol. The normalized spacial score (nSPS) is 10.9. The van der Waals surface area contributed by atoms with Crippen LogP contribution in [0, 0.1) is 5.82 Å². The quantitative estimate of drug-likeness (QED) is 0.525. The van der Waals surface area contributed by atoms with Crippen molar-refractivity contribution in [3.05, 3.63) is 65.6 Å². The first-order chi connectivity index (χ1) is 13.0. The van der Waals surface area contributed by atoms with Crippen LogP contribution in [0.1, 0.15) is 0 Å². The van der Waals surface area contributed by atoms with E-state index in [4.69, 9.17) is 22.1 Å². The minimum absolute atomic E-state index is 0.380. The molecule has 0 saturated carbocycles. The molecular formula is C19H15ClFN5O. The molecule has 0 radical (unpaired) electrons. The molecule has 136 valence electrons. The maximum absolute atomic E-state index is 13.5. The first kappa shape index (κ1) is 17.1. The van der Waals surface area contributed by atoms with E-state index < -0.39 is 0 Å². The van der Waals surface area contributed by atoms with Gasteiger partial charge in [-0.3, -0.25) is 0 Å². The Bertz CT molecular complexity index is 1140. The lowest BCUT2D eigenvalue weighted by molar-refractivity contribution is 0.483. The number of pyridine rings is 1. The van der Waals surface area contributed by atoms with Crippen molar-refractivity contribution < 1.29 is 9.13 Å². The highest BCUT2D eigenvalue weighted by molar-refractivity contribution is 6.33. The largest absolute Gasteiger partial charge is 0.457 e. The minimum Gasteiger partial charge on any atom is -0.457 e. The molecule has 0 fully saturated rings. The minimum atomic E-state index is -0.382. The highest BCUT2D eigenvalue weighted by atomic mass is 35.5. The molecule has 2 heterocycles. The second-order valence-corrected chi connectivity index (χ2v) is 6.32. The summed E-state index contributed by atoms with van der Waals surface area (Å²) in [4.78, 5) is 8.49. The maximum Gasteiger partial charge on any atom is 0.208 e. The number of fused-ring (bicyclic) bond motifs is 1. The Kier molecular flexibility index (Phi) is 4.29. The fraction of sp³-hybridized carbons (Fsp3) is 0.0526. The van der Waals surface area contributed by atoms with Gasteiger partial charge in [0.2, 0.25) is 5.95 Å². The van der Waals surface area contributed by atoms with E-state index in [9.17, 15) is 4.39 Å². The number of aromatic nitrogens is 3. The number of rotatable bonds is 4. The summed E-state index contributed by atoms with van der Waals surface area (Å²) in [6.07, 6.45) is 1.58. The summed E-state index contributed by atoms with van der Waals surface area (Å²) in [5.41, 5.74) is 7.71. The van der Waals surface area contributed by atoms with Gasteiger partial charge in [-0.1, -0.05) is 11.6 Å². The monoisotopic (exact) mass is 383 g/mol. The number of ether oxygens (including phenoxy) is 1. The van der Waals surface area contributed by atoms with Crippen molar-refractivity contribution >= 4 is 40.1 Å². The number of anilines is 3. The molecule has 4 aromatic rings. The van der Waals surface area contributed by atoms with Crippen LogP contribution in [0.15, 0.2) is 54.7 Å². The molecule has 0 aliphatic rings. The van der Waals surface area contributed by atoms with Crippen LogP contribution >= 0.6 is 11.6 Å². The second-order valence-electron chi connectivity index (χ2n) is 5.91. The van der Waals surface area contributed by atoms with Crippen LogP contribution in [0.5, 0.6) is 11.5 Å². The van der Waals surface area contributed by atoms with Crippen LogP contribution in [-0.2, 0) is 7.05 Å². The Morgan fingerprint density at radius 2 is 1.93 bits per heavy atom. The highest BCUT2D eigenvalue weighted by Gasteiger charge is 2.11. The third kappa shape index (κ3) is 3.50. The molecule has 8 heteroatoms. The van der Waals surface area contributed by atoms with Crippen LogP contribution in [0.2, 0.25) is 5.02 Å². The standard InChI is InChI=1S/C19H15ClFN5O/c1-26-17-5-3-12(27-13-6-7-23-18(22)10-13)9-16(17)25-19(26)24-15-8-11(21)2-4-14(15)20/h2-10H,1H3,(H2,22,23)(H,24,25). The SMILES string of the molecule is Cn1c(Nc2cc(F)ccc2Cl)nc2cc(Oc3ccnc(N)c3)ccc21. The summed E-state index contributed by atoms with van der Waals surface area (Å²) >= 11 is 6.12. The van der Waals surface area contributed by atoms with E-state index in [0.717, 1.165) is 5.52 Å². The summed E-state index contributed by atoms with van der Waals surface area (Å²) in [7, 11) is 1.86. The van der Waals surface area contributed by atoms with Crippen LogP contribution < -0.4 is 15.8 Å². The van der Waals surface area contributed by atoms with Crippen molar-refractivity contribution in [3.63, 3.8) is 0 Å². The van der Waals surface area contributed by atoms with Crippen molar-refractivity contribution in [2.45, 2.75) is 0 Å². The predicted molar refractivity (Wildman–Crippen MR) is 104 cm³/mol. The van der Waals surface area contributed by atoms with Gasteiger partial charge in [-0.25, -0.2) is 14.4 Å². The molecule has 2 aromatic carbocycles. The number of imidazole rings is 1. The van der Waals surface area contributed by atoms with Gasteiger partial charge in [0, 0.05) is 25.4 Å². The smallest absolute Gasteiger partial charge is 0.208 e. The number of halogens is 2. The van der Waals surface area contributed by atoms with Crippen LogP contribution in [0.3, 0.4) is 0 Å². The number of nitrogens with one attached hydrogen (secondary N) is 1. The van der Waals surface area contributed by atoms with E-state index in [0.29, 0.717) is 39.5 Å². The zero-order chi connectivity index (χ0) is 19.0. The number of hydrogen-bond acceptors (Lipinski definition) is 5. The number of benzene rings is 2. The van der Waals surface area contributed by atoms with Gasteiger partial charge in [0.15, 0.2) is 0 Å². The molecule has 0 bridgehead atoms. The summed E-state index contributed by atoms with van der Waals surface area (Å²) in [6.45, 7) is 0. The van der Waals surface area contributed by atoms with Crippen LogP contribution in [0.4, 0.5) is 21.8 Å². The lowest BCUT2D eigenvalue weighted by Gasteiger charge is -2.08. The first-order valence-electron chi connectivity index (χ1n) is 8.07. The summed E-state index contributed by atoms with van der Waals surface area (Å²) < 4.78 is 21.1. The number of hydrogen-bond donors (Lipinski definition) is 2. The number of nitrogens with zero attached hydrogens (tertiary/aromatic N) is 3. The Morgan fingerprint density at radius 3 is 2.74 bits per heavy atom. The molecule has 0 saturated heterocycles. The molecule has 3 N–H and O–H groups in total. The van der Waals surface area contributed by atoms with Gasteiger partial charge in [0.25, 0.3) is 0 Å². The second kappa shape index (κ2) is 6.77. The average molecular weight is 384 g/mol. The zero-order valence-corrected chi connectivity index (χ0v) is 15.0. The fourth-order valence-electron chi connectivity index (χ4n) is 2.70. The molecule has 0 aliphatic carbocycles. The lowest BCUT2D eigenvalue weighted by atomic mass is 10.3. The molecule has 0 atom stereocenters. The lowest BCUT2D eigenvalue weighted by Crippen LogP contribution is -1.99. The van der Waals surface area contributed by atoms with Gasteiger partial charge in [0.05, 0.1) is 21.7 Å². The zero-order valence-electron chi connectivity index (χ0n) is 14.3. The van der Waals surface area contributed by atoms with E-state index in [1.54, 1.807) is 18.3 Å². The van der Waals surface area contributed by atoms with Crippen molar-refractivity contribution in [2.24, 2.45) is 7.05 Å². The molecule has 0 unspecified atom stereocenters. The molecule has 0 aliphatic heterocycles. The van der Waals surface area contributed by atoms with E-state index >= 15 is 0 Å². The van der Waals surface area contributed by atoms with Crippen molar-refractivity contribution in [1.29, 1.82) is 0 Å². The van der Waals surface area contributed by atoms with Gasteiger partial charge in [0.1, 0.15) is 23.1 Å². The number of nitrogens with two attached hydrogens (primary N) is 1. The van der Waals surface area contributed by atoms with Gasteiger partial charge in [-0.15, -0.1) is 0 Å². The summed E-state index contributed by atoms with van der Waals surface area (Å²) in [5.74, 6) is 1.73.